The van der Waals surface area contributed by atoms with Crippen LogP contribution in [-0.4, -0.2) is 11.7 Å². The van der Waals surface area contributed by atoms with E-state index in [0.29, 0.717) is 16.5 Å². The van der Waals surface area contributed by atoms with E-state index in [-0.39, 0.29) is 11.0 Å². The first-order valence-electron chi connectivity index (χ1n) is 6.10. The summed E-state index contributed by atoms with van der Waals surface area (Å²) in [4.78, 5) is 24.5. The Kier molecular flexibility index (Phi) is 3.27. The molecule has 21 heavy (non-hydrogen) atoms. The second-order valence-corrected chi connectivity index (χ2v) is 4.78. The van der Waals surface area contributed by atoms with Gasteiger partial charge in [-0.3, -0.25) is 4.79 Å². The number of benzene rings is 2. The van der Waals surface area contributed by atoms with Gasteiger partial charge < -0.3 is 9.15 Å². The van der Waals surface area contributed by atoms with Crippen LogP contribution in [0.15, 0.2) is 56.5 Å². The van der Waals surface area contributed by atoms with Crippen molar-refractivity contribution >= 4 is 22.6 Å². The lowest BCUT2D eigenvalue weighted by molar-refractivity contribution is 0.414. The highest BCUT2D eigenvalue weighted by Gasteiger charge is 2.11. The smallest absolute Gasteiger partial charge is 0.426 e. The van der Waals surface area contributed by atoms with Gasteiger partial charge in [-0.1, -0.05) is 11.6 Å². The summed E-state index contributed by atoms with van der Waals surface area (Å²) in [5.41, 5.74) is 0.129. The number of fused-ring (bicyclic) bond motifs is 1. The Morgan fingerprint density at radius 1 is 1.10 bits per heavy atom. The monoisotopic (exact) mass is 303 g/mol. The van der Waals surface area contributed by atoms with Crippen molar-refractivity contribution in [2.45, 2.75) is 0 Å². The fraction of sp³-hybridized carbons (Fsp3) is 0.0667. The molecule has 3 aromatic rings. The molecule has 1 aromatic heterocycles. The van der Waals surface area contributed by atoms with Gasteiger partial charge in [0.1, 0.15) is 11.3 Å². The zero-order chi connectivity index (χ0) is 15.0. The lowest BCUT2D eigenvalue weighted by Gasteiger charge is -2.06. The molecule has 0 bridgehead atoms. The summed E-state index contributed by atoms with van der Waals surface area (Å²) >= 11 is 5.88. The normalized spacial score (nSPS) is 10.8. The average molecular weight is 304 g/mol. The van der Waals surface area contributed by atoms with E-state index in [4.69, 9.17) is 20.8 Å². The molecule has 0 unspecified atom stereocenters. The maximum atomic E-state index is 12.5. The minimum atomic E-state index is -0.750. The molecule has 3 rings (SSSR count). The zero-order valence-electron chi connectivity index (χ0n) is 11.0. The number of methoxy groups -OCH3 is 1. The van der Waals surface area contributed by atoms with Crippen molar-refractivity contribution in [3.63, 3.8) is 0 Å². The molecular weight excluding hydrogens is 294 g/mol. The summed E-state index contributed by atoms with van der Waals surface area (Å²) < 4.78 is 11.2. The Morgan fingerprint density at radius 3 is 2.48 bits per heavy atom. The number of aromatic nitrogens is 1. The molecule has 6 heteroatoms. The Bertz CT molecular complexity index is 925. The molecule has 0 radical (unpaired) electrons. The molecule has 1 heterocycles. The molecule has 0 saturated carbocycles. The highest BCUT2D eigenvalue weighted by Crippen LogP contribution is 2.17. The van der Waals surface area contributed by atoms with Gasteiger partial charge in [0.2, 0.25) is 0 Å². The lowest BCUT2D eigenvalue weighted by Crippen LogP contribution is -2.30. The topological polar surface area (TPSA) is 61.4 Å². The molecule has 5 nitrogen and oxygen atoms in total. The SMILES string of the molecule is COc1ccc(-n2c(=O)oc3ccc(Cl)cc3c2=O)cc1. The number of ether oxygens (including phenoxy) is 1. The largest absolute Gasteiger partial charge is 0.497 e. The first-order valence-corrected chi connectivity index (χ1v) is 6.48. The second kappa shape index (κ2) is 5.10. The summed E-state index contributed by atoms with van der Waals surface area (Å²) in [6, 6.07) is 11.1. The van der Waals surface area contributed by atoms with Crippen LogP contribution < -0.4 is 16.1 Å². The van der Waals surface area contributed by atoms with Gasteiger partial charge in [0.15, 0.2) is 0 Å². The average Bonchev–Trinajstić information content (AvgIpc) is 2.49. The van der Waals surface area contributed by atoms with Gasteiger partial charge in [-0.05, 0) is 42.5 Å². The highest BCUT2D eigenvalue weighted by atomic mass is 35.5. The fourth-order valence-corrected chi connectivity index (χ4v) is 2.23. The van der Waals surface area contributed by atoms with Gasteiger partial charge in [-0.15, -0.1) is 0 Å². The third-order valence-electron chi connectivity index (χ3n) is 3.09. The number of hydrogen-bond donors (Lipinski definition) is 0. The molecule has 106 valence electrons. The summed E-state index contributed by atoms with van der Waals surface area (Å²) in [6.07, 6.45) is 0. The van der Waals surface area contributed by atoms with Crippen molar-refractivity contribution in [1.29, 1.82) is 0 Å². The second-order valence-electron chi connectivity index (χ2n) is 4.35. The van der Waals surface area contributed by atoms with Gasteiger partial charge in [0, 0.05) is 5.02 Å². The molecule has 0 atom stereocenters. The van der Waals surface area contributed by atoms with Crippen LogP contribution in [0.25, 0.3) is 16.7 Å². The van der Waals surface area contributed by atoms with Crippen LogP contribution in [0.5, 0.6) is 5.75 Å². The van der Waals surface area contributed by atoms with E-state index in [2.05, 4.69) is 0 Å². The van der Waals surface area contributed by atoms with Gasteiger partial charge >= 0.3 is 5.76 Å². The molecule has 0 N–H and O–H groups in total. The maximum Gasteiger partial charge on any atom is 0.426 e. The zero-order valence-corrected chi connectivity index (χ0v) is 11.8. The van der Waals surface area contributed by atoms with Crippen LogP contribution in [0.2, 0.25) is 5.02 Å². The third-order valence-corrected chi connectivity index (χ3v) is 3.32. The molecule has 0 fully saturated rings. The standard InChI is InChI=1S/C15H10ClNO4/c1-20-11-5-3-10(4-6-11)17-14(18)12-8-9(16)2-7-13(12)21-15(17)19/h2-8H,1H3. The summed E-state index contributed by atoms with van der Waals surface area (Å²) in [7, 11) is 1.54. The maximum absolute atomic E-state index is 12.5. The van der Waals surface area contributed by atoms with E-state index in [1.54, 1.807) is 30.3 Å². The van der Waals surface area contributed by atoms with E-state index in [0.717, 1.165) is 4.57 Å². The molecule has 0 aliphatic rings. The van der Waals surface area contributed by atoms with Crippen LogP contribution >= 0.6 is 11.6 Å². The molecular formula is C15H10ClNO4. The molecule has 2 aromatic carbocycles. The van der Waals surface area contributed by atoms with Crippen LogP contribution in [0.4, 0.5) is 0 Å². The van der Waals surface area contributed by atoms with Crippen molar-refractivity contribution in [1.82, 2.24) is 4.57 Å². The lowest BCUT2D eigenvalue weighted by atomic mass is 10.2. The Hall–Kier alpha value is -2.53. The quantitative estimate of drug-likeness (QED) is 0.730. The van der Waals surface area contributed by atoms with Crippen molar-refractivity contribution in [2.75, 3.05) is 7.11 Å². The van der Waals surface area contributed by atoms with Crippen LogP contribution in [0.3, 0.4) is 0 Å². The molecule has 0 aliphatic heterocycles. The Labute approximate surface area is 124 Å². The van der Waals surface area contributed by atoms with Gasteiger partial charge in [0.25, 0.3) is 5.56 Å². The predicted molar refractivity (Wildman–Crippen MR) is 79.6 cm³/mol. The van der Waals surface area contributed by atoms with Crippen molar-refractivity contribution in [2.24, 2.45) is 0 Å². The number of halogens is 1. The van der Waals surface area contributed by atoms with Gasteiger partial charge in [-0.2, -0.15) is 0 Å². The highest BCUT2D eigenvalue weighted by molar-refractivity contribution is 6.31. The van der Waals surface area contributed by atoms with E-state index in [1.807, 2.05) is 0 Å². The van der Waals surface area contributed by atoms with Crippen molar-refractivity contribution in [3.05, 3.63) is 68.4 Å². The van der Waals surface area contributed by atoms with Crippen LogP contribution in [-0.2, 0) is 0 Å². The molecule has 0 saturated heterocycles. The Morgan fingerprint density at radius 2 is 1.81 bits per heavy atom. The Balaban J connectivity index is 2.31. The summed E-state index contributed by atoms with van der Waals surface area (Å²) in [5.74, 6) is -0.125. The fourth-order valence-electron chi connectivity index (χ4n) is 2.06. The number of hydrogen-bond acceptors (Lipinski definition) is 4. The van der Waals surface area contributed by atoms with Crippen LogP contribution in [0, 0.1) is 0 Å². The number of rotatable bonds is 2. The van der Waals surface area contributed by atoms with Gasteiger partial charge in [-0.25, -0.2) is 9.36 Å². The minimum Gasteiger partial charge on any atom is -0.497 e. The minimum absolute atomic E-state index is 0.208. The van der Waals surface area contributed by atoms with Gasteiger partial charge in [0.05, 0.1) is 18.2 Å². The third kappa shape index (κ3) is 2.32. The van der Waals surface area contributed by atoms with Crippen LogP contribution in [0.1, 0.15) is 0 Å². The summed E-state index contributed by atoms with van der Waals surface area (Å²) in [6.45, 7) is 0. The van der Waals surface area contributed by atoms with E-state index in [9.17, 15) is 9.59 Å². The number of nitrogens with zero attached hydrogens (tertiary/aromatic N) is 1. The first kappa shape index (κ1) is 13.5. The van der Waals surface area contributed by atoms with Crippen molar-refractivity contribution in [3.8, 4) is 11.4 Å². The summed E-state index contributed by atoms with van der Waals surface area (Å²) in [5, 5.41) is 0.646. The molecule has 0 amide bonds. The first-order chi connectivity index (χ1) is 10.1. The van der Waals surface area contributed by atoms with E-state index >= 15 is 0 Å². The van der Waals surface area contributed by atoms with Crippen molar-refractivity contribution < 1.29 is 9.15 Å². The van der Waals surface area contributed by atoms with E-state index in [1.165, 1.54) is 19.2 Å². The predicted octanol–water partition coefficient (Wildman–Crippen LogP) is 2.61. The van der Waals surface area contributed by atoms with E-state index < -0.39 is 11.3 Å². The molecule has 0 aliphatic carbocycles. The molecule has 0 spiro atoms.